The standard InChI is InChI=1S/C13H16N4/c1-11(14)13-8-5-7-12(10-13)6-3-2-4-9-16-17-15/h5,7-8,10-11H,2,4,9,14H2,1H3/t11-/m0/s1. The first-order valence-electron chi connectivity index (χ1n) is 5.59. The molecule has 1 rings (SSSR count). The van der Waals surface area contributed by atoms with Crippen molar-refractivity contribution in [3.05, 3.63) is 45.8 Å². The van der Waals surface area contributed by atoms with Gasteiger partial charge in [-0.1, -0.05) is 29.1 Å². The molecule has 0 amide bonds. The Morgan fingerprint density at radius 1 is 1.53 bits per heavy atom. The molecule has 0 fully saturated rings. The van der Waals surface area contributed by atoms with Gasteiger partial charge >= 0.3 is 0 Å². The second kappa shape index (κ2) is 7.34. The summed E-state index contributed by atoms with van der Waals surface area (Å²) in [4.78, 5) is 2.69. The van der Waals surface area contributed by atoms with Gasteiger partial charge in [-0.25, -0.2) is 0 Å². The number of unbranched alkanes of at least 4 members (excludes halogenated alkanes) is 1. The van der Waals surface area contributed by atoms with Crippen LogP contribution in [0, 0.1) is 11.8 Å². The van der Waals surface area contributed by atoms with Gasteiger partial charge in [0.2, 0.25) is 0 Å². The minimum atomic E-state index is 0.0294. The summed E-state index contributed by atoms with van der Waals surface area (Å²) in [5.41, 5.74) is 16.0. The fourth-order valence-corrected chi connectivity index (χ4v) is 1.35. The number of benzene rings is 1. The van der Waals surface area contributed by atoms with E-state index >= 15 is 0 Å². The first-order chi connectivity index (χ1) is 8.24. The van der Waals surface area contributed by atoms with E-state index in [9.17, 15) is 0 Å². The third-order valence-electron chi connectivity index (χ3n) is 2.27. The minimum absolute atomic E-state index is 0.0294. The molecule has 0 saturated heterocycles. The Morgan fingerprint density at radius 2 is 2.35 bits per heavy atom. The number of hydrogen-bond donors (Lipinski definition) is 1. The van der Waals surface area contributed by atoms with Gasteiger partial charge in [0.05, 0.1) is 0 Å². The van der Waals surface area contributed by atoms with Crippen LogP contribution in [-0.2, 0) is 0 Å². The molecule has 0 bridgehead atoms. The number of hydrogen-bond acceptors (Lipinski definition) is 2. The summed E-state index contributed by atoms with van der Waals surface area (Å²) >= 11 is 0. The Bertz CT molecular complexity index is 462. The number of nitrogens with zero attached hydrogens (tertiary/aromatic N) is 3. The molecule has 0 aliphatic rings. The fourth-order valence-electron chi connectivity index (χ4n) is 1.35. The maximum absolute atomic E-state index is 8.09. The molecule has 0 radical (unpaired) electrons. The van der Waals surface area contributed by atoms with Gasteiger partial charge in [-0.3, -0.25) is 0 Å². The average molecular weight is 228 g/mol. The molecule has 1 aromatic rings. The molecular weight excluding hydrogens is 212 g/mol. The molecule has 0 heterocycles. The first-order valence-corrected chi connectivity index (χ1v) is 5.59. The molecule has 0 aliphatic heterocycles. The van der Waals surface area contributed by atoms with Crippen molar-refractivity contribution < 1.29 is 0 Å². The lowest BCUT2D eigenvalue weighted by molar-refractivity contribution is 0.818. The predicted molar refractivity (Wildman–Crippen MR) is 69.2 cm³/mol. The highest BCUT2D eigenvalue weighted by Crippen LogP contribution is 2.10. The molecule has 88 valence electrons. The summed E-state index contributed by atoms with van der Waals surface area (Å²) in [6.07, 6.45) is 1.53. The van der Waals surface area contributed by atoms with E-state index in [-0.39, 0.29) is 6.04 Å². The predicted octanol–water partition coefficient (Wildman–Crippen LogP) is 3.15. The molecule has 1 atom stereocenters. The summed E-state index contributed by atoms with van der Waals surface area (Å²) < 4.78 is 0. The zero-order valence-corrected chi connectivity index (χ0v) is 9.93. The molecule has 0 aromatic heterocycles. The lowest BCUT2D eigenvalue weighted by Crippen LogP contribution is -2.04. The Morgan fingerprint density at radius 3 is 3.06 bits per heavy atom. The zero-order chi connectivity index (χ0) is 12.5. The van der Waals surface area contributed by atoms with Gasteiger partial charge in [-0.15, -0.1) is 0 Å². The topological polar surface area (TPSA) is 74.8 Å². The van der Waals surface area contributed by atoms with Crippen molar-refractivity contribution in [2.75, 3.05) is 6.54 Å². The molecule has 4 heteroatoms. The summed E-state index contributed by atoms with van der Waals surface area (Å²) in [7, 11) is 0. The Balaban J connectivity index is 2.53. The number of rotatable bonds is 4. The molecule has 0 saturated carbocycles. The van der Waals surface area contributed by atoms with Crippen LogP contribution in [-0.4, -0.2) is 6.54 Å². The second-order valence-electron chi connectivity index (χ2n) is 3.77. The van der Waals surface area contributed by atoms with Crippen LogP contribution in [0.1, 0.15) is 36.9 Å². The molecule has 0 spiro atoms. The van der Waals surface area contributed by atoms with E-state index in [4.69, 9.17) is 11.3 Å². The summed E-state index contributed by atoms with van der Waals surface area (Å²) in [5.74, 6) is 6.13. The van der Waals surface area contributed by atoms with Crippen molar-refractivity contribution in [2.45, 2.75) is 25.8 Å². The third-order valence-corrected chi connectivity index (χ3v) is 2.27. The zero-order valence-electron chi connectivity index (χ0n) is 9.93. The lowest BCUT2D eigenvalue weighted by atomic mass is 10.1. The van der Waals surface area contributed by atoms with Crippen LogP contribution in [0.5, 0.6) is 0 Å². The van der Waals surface area contributed by atoms with E-state index < -0.39 is 0 Å². The number of nitrogens with two attached hydrogens (primary N) is 1. The van der Waals surface area contributed by atoms with Gasteiger partial charge in [0.15, 0.2) is 0 Å². The van der Waals surface area contributed by atoms with Crippen LogP contribution in [0.2, 0.25) is 0 Å². The van der Waals surface area contributed by atoms with Crippen LogP contribution in [0.15, 0.2) is 29.4 Å². The molecular formula is C13H16N4. The van der Waals surface area contributed by atoms with Crippen molar-refractivity contribution in [3.63, 3.8) is 0 Å². The molecule has 0 aliphatic carbocycles. The van der Waals surface area contributed by atoms with E-state index in [0.29, 0.717) is 6.54 Å². The van der Waals surface area contributed by atoms with Gasteiger partial charge in [-0.05, 0) is 36.6 Å². The van der Waals surface area contributed by atoms with E-state index in [1.165, 1.54) is 0 Å². The van der Waals surface area contributed by atoms with Crippen molar-refractivity contribution in [2.24, 2.45) is 10.8 Å². The van der Waals surface area contributed by atoms with Crippen molar-refractivity contribution in [1.29, 1.82) is 0 Å². The van der Waals surface area contributed by atoms with Gasteiger partial charge in [0.25, 0.3) is 0 Å². The number of azide groups is 1. The SMILES string of the molecule is C[C@H](N)c1cccc(C#CCCCN=[N+]=[N-])c1. The first kappa shape index (κ1) is 13.1. The van der Waals surface area contributed by atoms with Gasteiger partial charge in [0.1, 0.15) is 0 Å². The smallest absolute Gasteiger partial charge is 0.0266 e. The highest BCUT2D eigenvalue weighted by atomic mass is 15.1. The monoisotopic (exact) mass is 228 g/mol. The fraction of sp³-hybridized carbons (Fsp3) is 0.385. The summed E-state index contributed by atoms with van der Waals surface area (Å²) in [6, 6.07) is 7.96. The van der Waals surface area contributed by atoms with Crippen molar-refractivity contribution in [1.82, 2.24) is 0 Å². The van der Waals surface area contributed by atoms with E-state index in [1.807, 2.05) is 31.2 Å². The van der Waals surface area contributed by atoms with E-state index in [1.54, 1.807) is 0 Å². The van der Waals surface area contributed by atoms with Gasteiger partial charge in [-0.2, -0.15) is 0 Å². The largest absolute Gasteiger partial charge is 0.324 e. The van der Waals surface area contributed by atoms with Crippen molar-refractivity contribution >= 4 is 0 Å². The summed E-state index contributed by atoms with van der Waals surface area (Å²) in [5, 5.41) is 3.45. The van der Waals surface area contributed by atoms with Crippen molar-refractivity contribution in [3.8, 4) is 11.8 Å². The molecule has 2 N–H and O–H groups in total. The molecule has 4 nitrogen and oxygen atoms in total. The normalized spacial score (nSPS) is 10.9. The highest BCUT2D eigenvalue weighted by molar-refractivity contribution is 5.37. The quantitative estimate of drug-likeness (QED) is 0.277. The molecule has 0 unspecified atom stereocenters. The maximum Gasteiger partial charge on any atom is 0.0266 e. The van der Waals surface area contributed by atoms with Crippen LogP contribution in [0.4, 0.5) is 0 Å². The lowest BCUT2D eigenvalue weighted by Gasteiger charge is -2.04. The Labute approximate surface area is 101 Å². The maximum atomic E-state index is 8.09. The van der Waals surface area contributed by atoms with E-state index in [0.717, 1.165) is 24.0 Å². The average Bonchev–Trinajstić information content (AvgIpc) is 2.34. The van der Waals surface area contributed by atoms with Crippen LogP contribution < -0.4 is 5.73 Å². The minimum Gasteiger partial charge on any atom is -0.324 e. The van der Waals surface area contributed by atoms with Gasteiger partial charge in [0, 0.05) is 29.5 Å². The van der Waals surface area contributed by atoms with Crippen LogP contribution >= 0.6 is 0 Å². The third kappa shape index (κ3) is 5.07. The summed E-state index contributed by atoms with van der Waals surface area (Å²) in [6.45, 7) is 2.46. The molecule has 17 heavy (non-hydrogen) atoms. The van der Waals surface area contributed by atoms with Crippen LogP contribution in [0.3, 0.4) is 0 Å². The second-order valence-corrected chi connectivity index (χ2v) is 3.77. The highest BCUT2D eigenvalue weighted by Gasteiger charge is 1.98. The Hall–Kier alpha value is -1.95. The Kier molecular flexibility index (Phi) is 5.67. The molecule has 1 aromatic carbocycles. The van der Waals surface area contributed by atoms with Gasteiger partial charge < -0.3 is 5.73 Å². The van der Waals surface area contributed by atoms with E-state index in [2.05, 4.69) is 21.9 Å². The van der Waals surface area contributed by atoms with Crippen LogP contribution in [0.25, 0.3) is 10.4 Å².